The molecule has 1 N–H and O–H groups in total. The van der Waals surface area contributed by atoms with E-state index in [1.807, 2.05) is 14.1 Å². The fourth-order valence-electron chi connectivity index (χ4n) is 3.52. The number of benzene rings is 1. The van der Waals surface area contributed by atoms with Crippen molar-refractivity contribution in [2.45, 2.75) is 56.6 Å². The fourth-order valence-corrected chi connectivity index (χ4v) is 3.52. The van der Waals surface area contributed by atoms with Crippen LogP contribution in [0.1, 0.15) is 44.1 Å². The second-order valence-electron chi connectivity index (χ2n) is 6.37. The Labute approximate surface area is 125 Å². The van der Waals surface area contributed by atoms with E-state index in [2.05, 4.69) is 4.90 Å². The summed E-state index contributed by atoms with van der Waals surface area (Å²) in [5.41, 5.74) is -0.0807. The molecule has 4 heteroatoms. The predicted molar refractivity (Wildman–Crippen MR) is 80.2 cm³/mol. The van der Waals surface area contributed by atoms with Gasteiger partial charge in [-0.1, -0.05) is 25.7 Å². The summed E-state index contributed by atoms with van der Waals surface area (Å²) in [5, 5.41) is 10.8. The third-order valence-electron chi connectivity index (χ3n) is 4.90. The van der Waals surface area contributed by atoms with Gasteiger partial charge in [0, 0.05) is 12.0 Å². The number of aliphatic hydroxyl groups excluding tert-OH is 1. The maximum absolute atomic E-state index is 13.8. The fraction of sp³-hybridized carbons (Fsp3) is 0.647. The van der Waals surface area contributed by atoms with Gasteiger partial charge in [-0.15, -0.1) is 0 Å². The highest BCUT2D eigenvalue weighted by Crippen LogP contribution is 2.35. The van der Waals surface area contributed by atoms with Crippen molar-refractivity contribution in [3.8, 4) is 0 Å². The Bertz CT molecular complexity index is 468. The van der Waals surface area contributed by atoms with Crippen LogP contribution in [0.2, 0.25) is 0 Å². The molecule has 0 heterocycles. The Hall–Kier alpha value is -1.00. The van der Waals surface area contributed by atoms with Crippen LogP contribution in [0.4, 0.5) is 8.78 Å². The van der Waals surface area contributed by atoms with E-state index in [0.29, 0.717) is 0 Å². The van der Waals surface area contributed by atoms with Gasteiger partial charge in [0.2, 0.25) is 0 Å². The highest BCUT2D eigenvalue weighted by atomic mass is 19.1. The van der Waals surface area contributed by atoms with Crippen LogP contribution >= 0.6 is 0 Å². The van der Waals surface area contributed by atoms with E-state index in [1.165, 1.54) is 18.9 Å². The van der Waals surface area contributed by atoms with E-state index in [0.717, 1.165) is 37.8 Å². The number of halogens is 2. The van der Waals surface area contributed by atoms with Gasteiger partial charge in [0.15, 0.2) is 0 Å². The predicted octanol–water partition coefficient (Wildman–Crippen LogP) is 3.52. The summed E-state index contributed by atoms with van der Waals surface area (Å²) >= 11 is 0. The van der Waals surface area contributed by atoms with Crippen molar-refractivity contribution in [1.82, 2.24) is 4.90 Å². The first-order valence-corrected chi connectivity index (χ1v) is 7.75. The lowest BCUT2D eigenvalue weighted by Crippen LogP contribution is -2.54. The molecule has 1 aromatic carbocycles. The molecular formula is C17H25F2NO. The summed E-state index contributed by atoms with van der Waals surface area (Å²) in [6, 6.07) is 3.43. The molecule has 0 amide bonds. The highest BCUT2D eigenvalue weighted by molar-refractivity contribution is 5.20. The lowest BCUT2D eigenvalue weighted by molar-refractivity contribution is -0.0178. The van der Waals surface area contributed by atoms with Crippen molar-refractivity contribution in [3.63, 3.8) is 0 Å². The van der Waals surface area contributed by atoms with Crippen molar-refractivity contribution in [2.75, 3.05) is 14.1 Å². The van der Waals surface area contributed by atoms with Gasteiger partial charge >= 0.3 is 0 Å². The molecule has 0 bridgehead atoms. The first kappa shape index (κ1) is 16.4. The van der Waals surface area contributed by atoms with Crippen LogP contribution in [0.3, 0.4) is 0 Å². The number of rotatable bonds is 4. The van der Waals surface area contributed by atoms with Crippen molar-refractivity contribution in [3.05, 3.63) is 35.4 Å². The molecule has 1 fully saturated rings. The number of likely N-dealkylation sites (N-methyl/N-ethyl adjacent to an activating group) is 1. The second-order valence-corrected chi connectivity index (χ2v) is 6.37. The van der Waals surface area contributed by atoms with Crippen molar-refractivity contribution < 1.29 is 13.9 Å². The molecule has 0 radical (unpaired) electrons. The Morgan fingerprint density at radius 3 is 2.33 bits per heavy atom. The van der Waals surface area contributed by atoms with E-state index in [1.54, 1.807) is 0 Å². The highest BCUT2D eigenvalue weighted by Gasteiger charge is 2.40. The molecule has 2 nitrogen and oxygen atoms in total. The molecule has 1 saturated carbocycles. The van der Waals surface area contributed by atoms with Crippen molar-refractivity contribution in [1.29, 1.82) is 0 Å². The Morgan fingerprint density at radius 1 is 1.14 bits per heavy atom. The standard InChI is InChI=1S/C17H25F2NO/c1-20(2)17(9-5-3-4-6-10-17)16(21)12-13-11-14(18)7-8-15(13)19/h7-8,11,16,21H,3-6,9-10,12H2,1-2H3. The Balaban J connectivity index is 2.22. The summed E-state index contributed by atoms with van der Waals surface area (Å²) in [5.74, 6) is -0.906. The maximum atomic E-state index is 13.8. The van der Waals surface area contributed by atoms with Gasteiger partial charge in [0.25, 0.3) is 0 Å². The second kappa shape index (κ2) is 6.84. The summed E-state index contributed by atoms with van der Waals surface area (Å²) in [7, 11) is 3.94. The smallest absolute Gasteiger partial charge is 0.126 e. The van der Waals surface area contributed by atoms with Crippen LogP contribution in [0, 0.1) is 11.6 Å². The average Bonchev–Trinajstić information content (AvgIpc) is 2.69. The number of hydrogen-bond acceptors (Lipinski definition) is 2. The zero-order valence-electron chi connectivity index (χ0n) is 12.9. The van der Waals surface area contributed by atoms with Gasteiger partial charge < -0.3 is 10.0 Å². The van der Waals surface area contributed by atoms with Gasteiger partial charge in [-0.2, -0.15) is 0 Å². The zero-order valence-corrected chi connectivity index (χ0v) is 12.9. The molecular weight excluding hydrogens is 272 g/mol. The van der Waals surface area contributed by atoms with Crippen LogP contribution in [-0.2, 0) is 6.42 Å². The molecule has 1 aliphatic rings. The van der Waals surface area contributed by atoms with Gasteiger partial charge in [-0.05, 0) is 50.7 Å². The van der Waals surface area contributed by atoms with Crippen LogP contribution in [0.25, 0.3) is 0 Å². The van der Waals surface area contributed by atoms with Crippen molar-refractivity contribution in [2.24, 2.45) is 0 Å². The molecule has 2 rings (SSSR count). The molecule has 21 heavy (non-hydrogen) atoms. The molecule has 1 atom stereocenters. The summed E-state index contributed by atoms with van der Waals surface area (Å²) in [4.78, 5) is 2.07. The molecule has 0 saturated heterocycles. The largest absolute Gasteiger partial charge is 0.391 e. The Morgan fingerprint density at radius 2 is 1.76 bits per heavy atom. The quantitative estimate of drug-likeness (QED) is 0.860. The lowest BCUT2D eigenvalue weighted by Gasteiger charge is -2.43. The minimum Gasteiger partial charge on any atom is -0.391 e. The number of nitrogens with zero attached hydrogens (tertiary/aromatic N) is 1. The van der Waals surface area contributed by atoms with Crippen LogP contribution < -0.4 is 0 Å². The molecule has 118 valence electrons. The van der Waals surface area contributed by atoms with E-state index < -0.39 is 17.7 Å². The monoisotopic (exact) mass is 297 g/mol. The van der Waals surface area contributed by atoms with E-state index >= 15 is 0 Å². The van der Waals surface area contributed by atoms with E-state index in [-0.39, 0.29) is 17.5 Å². The first-order chi connectivity index (χ1) is 9.95. The minimum atomic E-state index is -0.693. The van der Waals surface area contributed by atoms with Crippen LogP contribution in [-0.4, -0.2) is 35.7 Å². The number of aliphatic hydroxyl groups is 1. The third-order valence-corrected chi connectivity index (χ3v) is 4.90. The van der Waals surface area contributed by atoms with Gasteiger partial charge in [0.1, 0.15) is 11.6 Å². The number of hydrogen-bond donors (Lipinski definition) is 1. The van der Waals surface area contributed by atoms with Crippen LogP contribution in [0.5, 0.6) is 0 Å². The minimum absolute atomic E-state index is 0.155. The average molecular weight is 297 g/mol. The molecule has 0 aliphatic heterocycles. The SMILES string of the molecule is CN(C)C1(C(O)Cc2cc(F)ccc2F)CCCCCC1. The molecule has 1 unspecified atom stereocenters. The maximum Gasteiger partial charge on any atom is 0.126 e. The summed E-state index contributed by atoms with van der Waals surface area (Å²) < 4.78 is 27.1. The lowest BCUT2D eigenvalue weighted by atomic mass is 9.80. The van der Waals surface area contributed by atoms with E-state index in [9.17, 15) is 13.9 Å². The summed E-state index contributed by atoms with van der Waals surface area (Å²) in [6.07, 6.45) is 5.76. The van der Waals surface area contributed by atoms with Crippen LogP contribution in [0.15, 0.2) is 18.2 Å². The topological polar surface area (TPSA) is 23.5 Å². The zero-order chi connectivity index (χ0) is 15.5. The molecule has 1 aromatic rings. The third kappa shape index (κ3) is 3.61. The van der Waals surface area contributed by atoms with Gasteiger partial charge in [-0.3, -0.25) is 0 Å². The molecule has 0 aromatic heterocycles. The van der Waals surface area contributed by atoms with Gasteiger partial charge in [-0.25, -0.2) is 8.78 Å². The van der Waals surface area contributed by atoms with Gasteiger partial charge in [0.05, 0.1) is 6.10 Å². The molecule has 1 aliphatic carbocycles. The summed E-state index contributed by atoms with van der Waals surface area (Å²) in [6.45, 7) is 0. The molecule has 0 spiro atoms. The van der Waals surface area contributed by atoms with Crippen molar-refractivity contribution >= 4 is 0 Å². The normalized spacial score (nSPS) is 20.3. The first-order valence-electron chi connectivity index (χ1n) is 7.75. The Kier molecular flexibility index (Phi) is 5.33. The van der Waals surface area contributed by atoms with E-state index in [4.69, 9.17) is 0 Å².